The highest BCUT2D eigenvalue weighted by atomic mass is 35.5. The molecule has 1 amide bonds. The lowest BCUT2D eigenvalue weighted by Crippen LogP contribution is -2.28. The van der Waals surface area contributed by atoms with E-state index in [1.54, 1.807) is 12.1 Å². The number of aromatic nitrogens is 1. The van der Waals surface area contributed by atoms with Crippen LogP contribution < -0.4 is 10.1 Å². The zero-order chi connectivity index (χ0) is 28.2. The van der Waals surface area contributed by atoms with E-state index in [0.717, 1.165) is 6.07 Å². The minimum Gasteiger partial charge on any atom is -0.490 e. The van der Waals surface area contributed by atoms with E-state index < -0.39 is 23.6 Å². The molecule has 4 aromatic rings. The first kappa shape index (κ1) is 28.0. The van der Waals surface area contributed by atoms with Gasteiger partial charge in [0.05, 0.1) is 23.6 Å². The van der Waals surface area contributed by atoms with Gasteiger partial charge in [-0.25, -0.2) is 0 Å². The average molecular weight is 579 g/mol. The molecule has 7 nitrogen and oxygen atoms in total. The predicted octanol–water partition coefficient (Wildman–Crippen LogP) is 6.77. The number of halogens is 5. The Bertz CT molecular complexity index is 1500. The molecule has 4 rings (SSSR count). The van der Waals surface area contributed by atoms with Gasteiger partial charge < -0.3 is 19.7 Å². The van der Waals surface area contributed by atoms with Crippen LogP contribution in [-0.2, 0) is 17.4 Å². The molecule has 1 aromatic heterocycles. The van der Waals surface area contributed by atoms with E-state index in [9.17, 15) is 22.8 Å². The number of carboxylic acid groups (broad SMARTS) is 1. The molecular formula is C27H19Cl2F3N2O5. The summed E-state index contributed by atoms with van der Waals surface area (Å²) in [5.74, 6) is -1.81. The number of hydrogen-bond acceptors (Lipinski definition) is 5. The van der Waals surface area contributed by atoms with Crippen LogP contribution in [0.4, 0.5) is 13.2 Å². The van der Waals surface area contributed by atoms with Crippen LogP contribution in [0.3, 0.4) is 0 Å². The fraction of sp³-hybridized carbons (Fsp3) is 0.148. The number of alkyl halides is 3. The quantitative estimate of drug-likeness (QED) is 0.212. The number of hydrogen-bond donors (Lipinski definition) is 2. The van der Waals surface area contributed by atoms with Crippen molar-refractivity contribution < 1.29 is 37.1 Å². The van der Waals surface area contributed by atoms with Crippen molar-refractivity contribution in [3.63, 3.8) is 0 Å². The van der Waals surface area contributed by atoms with Crippen LogP contribution in [0.2, 0.25) is 10.0 Å². The molecule has 39 heavy (non-hydrogen) atoms. The third kappa shape index (κ3) is 6.71. The second kappa shape index (κ2) is 11.8. The van der Waals surface area contributed by atoms with Gasteiger partial charge in [0.1, 0.15) is 23.6 Å². The lowest BCUT2D eigenvalue weighted by Gasteiger charge is -2.13. The highest BCUT2D eigenvalue weighted by Gasteiger charge is 2.36. The molecule has 0 spiro atoms. The molecule has 0 aliphatic heterocycles. The maximum Gasteiger partial charge on any atom is 0.417 e. The number of carboxylic acids is 1. The van der Waals surface area contributed by atoms with Crippen LogP contribution >= 0.6 is 23.2 Å². The largest absolute Gasteiger partial charge is 0.490 e. The molecule has 2 N–H and O–H groups in total. The Hall–Kier alpha value is -4.02. The Morgan fingerprint density at radius 1 is 1.03 bits per heavy atom. The Kier molecular flexibility index (Phi) is 8.47. The number of ether oxygens (including phenoxy) is 1. The summed E-state index contributed by atoms with van der Waals surface area (Å²) < 4.78 is 52.2. The molecule has 0 saturated carbocycles. The van der Waals surface area contributed by atoms with E-state index in [0.29, 0.717) is 21.9 Å². The highest BCUT2D eigenvalue weighted by molar-refractivity contribution is 6.35. The van der Waals surface area contributed by atoms with Crippen molar-refractivity contribution in [1.82, 2.24) is 10.5 Å². The number of benzene rings is 3. The summed E-state index contributed by atoms with van der Waals surface area (Å²) in [5, 5.41) is 16.2. The Labute approximate surface area is 230 Å². The minimum absolute atomic E-state index is 0.00787. The van der Waals surface area contributed by atoms with Gasteiger partial charge in [0.15, 0.2) is 5.76 Å². The van der Waals surface area contributed by atoms with Gasteiger partial charge in [-0.2, -0.15) is 13.2 Å². The SMILES string of the molecule is O=C(O)Cc1ccc(-c2noc(-c3ccccc3C(F)(F)F)c2C(=O)NCCOc2ccc(Cl)cc2Cl)cc1. The van der Waals surface area contributed by atoms with E-state index in [4.69, 9.17) is 37.6 Å². The monoisotopic (exact) mass is 578 g/mol. The minimum atomic E-state index is -4.72. The molecule has 0 aliphatic carbocycles. The van der Waals surface area contributed by atoms with Crippen LogP contribution in [0.25, 0.3) is 22.6 Å². The lowest BCUT2D eigenvalue weighted by atomic mass is 9.97. The first-order valence-corrected chi connectivity index (χ1v) is 12.1. The molecule has 3 aromatic carbocycles. The molecule has 1 heterocycles. The summed E-state index contributed by atoms with van der Waals surface area (Å²) in [4.78, 5) is 24.3. The third-order valence-corrected chi connectivity index (χ3v) is 6.05. The van der Waals surface area contributed by atoms with Gasteiger partial charge in [-0.05, 0) is 29.8 Å². The molecule has 0 unspecified atom stereocenters. The van der Waals surface area contributed by atoms with Crippen LogP contribution in [0.5, 0.6) is 5.75 Å². The fourth-order valence-corrected chi connectivity index (χ4v) is 4.23. The number of nitrogens with one attached hydrogen (secondary N) is 1. The van der Waals surface area contributed by atoms with Gasteiger partial charge in [-0.15, -0.1) is 0 Å². The van der Waals surface area contributed by atoms with Crippen molar-refractivity contribution in [2.24, 2.45) is 0 Å². The zero-order valence-electron chi connectivity index (χ0n) is 19.9. The van der Waals surface area contributed by atoms with Gasteiger partial charge in [-0.1, -0.05) is 70.8 Å². The summed E-state index contributed by atoms with van der Waals surface area (Å²) in [6.45, 7) is -0.0353. The molecule has 0 saturated heterocycles. The van der Waals surface area contributed by atoms with Gasteiger partial charge >= 0.3 is 12.1 Å². The van der Waals surface area contributed by atoms with E-state index in [1.807, 2.05) is 0 Å². The summed E-state index contributed by atoms with van der Waals surface area (Å²) in [6.07, 6.45) is -4.95. The molecule has 202 valence electrons. The van der Waals surface area contributed by atoms with E-state index in [2.05, 4.69) is 10.5 Å². The van der Waals surface area contributed by atoms with Crippen molar-refractivity contribution in [2.45, 2.75) is 12.6 Å². The number of carbonyl (C=O) groups excluding carboxylic acids is 1. The summed E-state index contributed by atoms with van der Waals surface area (Å²) in [5.41, 5.74) is -0.760. The highest BCUT2D eigenvalue weighted by Crippen LogP contribution is 2.40. The number of amides is 1. The van der Waals surface area contributed by atoms with Crippen molar-refractivity contribution in [2.75, 3.05) is 13.2 Å². The summed E-state index contributed by atoms with van der Waals surface area (Å²) in [6, 6.07) is 15.4. The van der Waals surface area contributed by atoms with E-state index in [1.165, 1.54) is 48.5 Å². The fourth-order valence-electron chi connectivity index (χ4n) is 3.77. The maximum atomic E-state index is 13.8. The van der Waals surface area contributed by atoms with Crippen molar-refractivity contribution in [3.05, 3.63) is 93.5 Å². The topological polar surface area (TPSA) is 102 Å². The van der Waals surface area contributed by atoms with Crippen LogP contribution in [-0.4, -0.2) is 35.3 Å². The summed E-state index contributed by atoms with van der Waals surface area (Å²) >= 11 is 11.9. The summed E-state index contributed by atoms with van der Waals surface area (Å²) in [7, 11) is 0. The van der Waals surface area contributed by atoms with E-state index in [-0.39, 0.29) is 47.2 Å². The predicted molar refractivity (Wildman–Crippen MR) is 138 cm³/mol. The maximum absolute atomic E-state index is 13.8. The van der Waals surface area contributed by atoms with Crippen molar-refractivity contribution >= 4 is 35.1 Å². The molecule has 0 atom stereocenters. The van der Waals surface area contributed by atoms with Gasteiger partial charge in [0, 0.05) is 16.1 Å². The number of rotatable bonds is 9. The lowest BCUT2D eigenvalue weighted by molar-refractivity contribution is -0.137. The average Bonchev–Trinajstić information content (AvgIpc) is 3.32. The van der Waals surface area contributed by atoms with Gasteiger partial charge in [0.25, 0.3) is 5.91 Å². The molecule has 0 bridgehead atoms. The first-order valence-electron chi connectivity index (χ1n) is 11.4. The van der Waals surface area contributed by atoms with Crippen molar-refractivity contribution in [1.29, 1.82) is 0 Å². The molecule has 0 radical (unpaired) electrons. The smallest absolute Gasteiger partial charge is 0.417 e. The standard InChI is InChI=1S/C27H19Cl2F3N2O5/c28-17-9-10-21(20(29)14-17)38-12-11-33-26(37)23-24(16-7-5-15(6-8-16)13-22(35)36)34-39-25(23)18-3-1-2-4-19(18)27(30,31)32/h1-10,14H,11-13H2,(H,33,37)(H,35,36). The van der Waals surface area contributed by atoms with Crippen LogP contribution in [0.1, 0.15) is 21.5 Å². The van der Waals surface area contributed by atoms with Crippen LogP contribution in [0, 0.1) is 0 Å². The van der Waals surface area contributed by atoms with Gasteiger partial charge in [0.2, 0.25) is 0 Å². The Morgan fingerprint density at radius 3 is 2.41 bits per heavy atom. The van der Waals surface area contributed by atoms with Crippen LogP contribution in [0.15, 0.2) is 71.3 Å². The molecular weight excluding hydrogens is 560 g/mol. The third-order valence-electron chi connectivity index (χ3n) is 5.52. The number of nitrogens with zero attached hydrogens (tertiary/aromatic N) is 1. The second-order valence-electron chi connectivity index (χ2n) is 8.23. The normalized spacial score (nSPS) is 11.3. The second-order valence-corrected chi connectivity index (χ2v) is 9.07. The zero-order valence-corrected chi connectivity index (χ0v) is 21.4. The van der Waals surface area contributed by atoms with E-state index >= 15 is 0 Å². The number of carbonyl (C=O) groups is 2. The molecule has 0 fully saturated rings. The van der Waals surface area contributed by atoms with Gasteiger partial charge in [-0.3, -0.25) is 9.59 Å². The molecule has 12 heteroatoms. The first-order chi connectivity index (χ1) is 18.5. The number of aliphatic carboxylic acids is 1. The Balaban J connectivity index is 1.65. The Morgan fingerprint density at radius 2 is 1.74 bits per heavy atom. The van der Waals surface area contributed by atoms with Crippen molar-refractivity contribution in [3.8, 4) is 28.3 Å². The molecule has 0 aliphatic rings.